The Bertz CT molecular complexity index is 1630. The molecule has 4 rings (SSSR count). The van der Waals surface area contributed by atoms with E-state index in [9.17, 15) is 49.5 Å². The zero-order chi connectivity index (χ0) is 39.0. The highest BCUT2D eigenvalue weighted by Crippen LogP contribution is 2.56. The first-order valence-corrected chi connectivity index (χ1v) is 17.7. The average Bonchev–Trinajstić information content (AvgIpc) is 3.32. The quantitative estimate of drug-likeness (QED) is 0.102. The Balaban J connectivity index is 1.55. The van der Waals surface area contributed by atoms with Gasteiger partial charge < -0.3 is 44.5 Å². The number of aliphatic hydroxyl groups excluding tert-OH is 1. The van der Waals surface area contributed by atoms with Crippen LogP contribution in [-0.4, -0.2) is 96.8 Å². The summed E-state index contributed by atoms with van der Waals surface area (Å²) in [5, 5.41) is 53.8. The molecule has 9 atom stereocenters. The number of carbonyl (C=O) groups excluding carboxylic acids is 2. The molecule has 2 aliphatic rings. The van der Waals surface area contributed by atoms with Gasteiger partial charge in [0.2, 0.25) is 23.1 Å². The van der Waals surface area contributed by atoms with Gasteiger partial charge in [0, 0.05) is 19.8 Å². The van der Waals surface area contributed by atoms with Crippen LogP contribution in [0.3, 0.4) is 0 Å². The van der Waals surface area contributed by atoms with Gasteiger partial charge in [-0.1, -0.05) is 86.7 Å². The number of ether oxygens (including phenoxy) is 4. The molecule has 0 aromatic heterocycles. The number of allylic oxidation sites excluding steroid dienone is 2. The molecule has 2 heterocycles. The zero-order valence-electron chi connectivity index (χ0n) is 30.0. The van der Waals surface area contributed by atoms with Crippen LogP contribution in [0.1, 0.15) is 70.4 Å². The van der Waals surface area contributed by atoms with Gasteiger partial charge in [-0.2, -0.15) is 0 Å². The van der Waals surface area contributed by atoms with Gasteiger partial charge in [0.15, 0.2) is 6.10 Å². The maximum atomic E-state index is 13.2. The minimum atomic E-state index is -3.89. The van der Waals surface area contributed by atoms with E-state index in [2.05, 4.69) is 12.1 Å². The zero-order valence-corrected chi connectivity index (χ0v) is 30.0. The van der Waals surface area contributed by atoms with E-state index in [-0.39, 0.29) is 31.1 Å². The second kappa shape index (κ2) is 17.5. The standard InChI is InChI=1S/C39H48O14/c1-24(14-12-19-27-15-6-4-7-16-27)13-10-11-20-30(41)51-32-31(42)37(22-21-29(50-26(3)40)25(2)23-28-17-8-5-9-18-28)52-33(34(43)44)38(49,35(45)46)39(32,53-37)36(47)48/h4-10,13,15-18,24-25,29,31-33,42,49H,11-12,14,19-23H2,1-3H3,(H,43,44)(H,45,46)(H,47,48)/b13-10+/t24-,25+,29+,31+,32+,33+,37-,38+,39-/m0/s1. The van der Waals surface area contributed by atoms with E-state index in [1.807, 2.05) is 61.5 Å². The molecule has 0 radical (unpaired) electrons. The highest BCUT2D eigenvalue weighted by Gasteiger charge is 2.85. The van der Waals surface area contributed by atoms with Crippen LogP contribution in [0.5, 0.6) is 0 Å². The molecule has 2 saturated heterocycles. The van der Waals surface area contributed by atoms with Crippen LogP contribution in [0.2, 0.25) is 0 Å². The van der Waals surface area contributed by atoms with Crippen LogP contribution in [0.15, 0.2) is 72.8 Å². The molecule has 288 valence electrons. The fraction of sp³-hybridized carbons (Fsp3) is 0.513. The molecule has 0 aliphatic carbocycles. The summed E-state index contributed by atoms with van der Waals surface area (Å²) in [4.78, 5) is 63.3. The van der Waals surface area contributed by atoms with Crippen molar-refractivity contribution in [2.75, 3.05) is 0 Å². The number of aliphatic carboxylic acids is 3. The molecule has 2 aromatic rings. The Morgan fingerprint density at radius 3 is 2.09 bits per heavy atom. The van der Waals surface area contributed by atoms with E-state index in [0.29, 0.717) is 6.42 Å². The Morgan fingerprint density at radius 1 is 0.906 bits per heavy atom. The largest absolute Gasteiger partial charge is 0.479 e. The van der Waals surface area contributed by atoms with Gasteiger partial charge in [0.25, 0.3) is 0 Å². The molecule has 14 nitrogen and oxygen atoms in total. The third kappa shape index (κ3) is 8.95. The molecule has 0 spiro atoms. The molecular formula is C39H48O14. The maximum absolute atomic E-state index is 13.2. The summed E-state index contributed by atoms with van der Waals surface area (Å²) in [6, 6.07) is 19.2. The van der Waals surface area contributed by atoms with Crippen molar-refractivity contribution in [2.45, 2.75) is 114 Å². The summed E-state index contributed by atoms with van der Waals surface area (Å²) in [6.45, 7) is 4.97. The smallest absolute Gasteiger partial charge is 0.344 e. The van der Waals surface area contributed by atoms with Crippen LogP contribution in [0.25, 0.3) is 0 Å². The number of esters is 2. The van der Waals surface area contributed by atoms with Crippen LogP contribution >= 0.6 is 0 Å². The minimum absolute atomic E-state index is 0.136. The van der Waals surface area contributed by atoms with E-state index in [1.165, 1.54) is 12.5 Å². The number of aliphatic hydroxyl groups is 2. The molecule has 2 bridgehead atoms. The van der Waals surface area contributed by atoms with E-state index in [0.717, 1.165) is 24.8 Å². The lowest BCUT2D eigenvalue weighted by Crippen LogP contribution is -2.78. The predicted octanol–water partition coefficient (Wildman–Crippen LogP) is 3.69. The van der Waals surface area contributed by atoms with Gasteiger partial charge in [-0.15, -0.1) is 0 Å². The predicted molar refractivity (Wildman–Crippen MR) is 186 cm³/mol. The first-order chi connectivity index (χ1) is 25.1. The monoisotopic (exact) mass is 740 g/mol. The van der Waals surface area contributed by atoms with Crippen LogP contribution in [0, 0.1) is 11.8 Å². The number of hydrogen-bond acceptors (Lipinski definition) is 11. The molecule has 2 aromatic carbocycles. The lowest BCUT2D eigenvalue weighted by molar-refractivity contribution is -0.375. The highest BCUT2D eigenvalue weighted by molar-refractivity contribution is 5.98. The number of carbonyl (C=O) groups is 5. The molecule has 5 N–H and O–H groups in total. The summed E-state index contributed by atoms with van der Waals surface area (Å²) in [7, 11) is 0. The van der Waals surface area contributed by atoms with Crippen LogP contribution < -0.4 is 0 Å². The Hall–Kier alpha value is -4.63. The van der Waals surface area contributed by atoms with Crippen molar-refractivity contribution < 1.29 is 68.5 Å². The van der Waals surface area contributed by atoms with Crippen molar-refractivity contribution in [3.05, 3.63) is 83.9 Å². The second-order valence-corrected chi connectivity index (χ2v) is 13.9. The molecule has 2 aliphatic heterocycles. The number of benzene rings is 2. The fourth-order valence-electron chi connectivity index (χ4n) is 7.18. The van der Waals surface area contributed by atoms with Gasteiger partial charge in [0.05, 0.1) is 0 Å². The minimum Gasteiger partial charge on any atom is -0.479 e. The van der Waals surface area contributed by atoms with Crippen molar-refractivity contribution in [1.29, 1.82) is 0 Å². The lowest BCUT2D eigenvalue weighted by atomic mass is 9.74. The number of hydrogen-bond donors (Lipinski definition) is 5. The molecule has 0 saturated carbocycles. The van der Waals surface area contributed by atoms with Crippen molar-refractivity contribution >= 4 is 29.8 Å². The van der Waals surface area contributed by atoms with Gasteiger partial charge in [-0.25, -0.2) is 14.4 Å². The lowest BCUT2D eigenvalue weighted by Gasteiger charge is -2.48. The first-order valence-electron chi connectivity index (χ1n) is 17.7. The second-order valence-electron chi connectivity index (χ2n) is 13.9. The molecule has 2 fully saturated rings. The average molecular weight is 741 g/mol. The number of carboxylic acid groups (broad SMARTS) is 3. The van der Waals surface area contributed by atoms with Crippen molar-refractivity contribution in [1.82, 2.24) is 0 Å². The molecule has 53 heavy (non-hydrogen) atoms. The summed E-state index contributed by atoms with van der Waals surface area (Å²) >= 11 is 0. The molecule has 0 amide bonds. The normalized spacial score (nSPS) is 28.1. The Morgan fingerprint density at radius 2 is 1.53 bits per heavy atom. The third-order valence-corrected chi connectivity index (χ3v) is 9.94. The summed E-state index contributed by atoms with van der Waals surface area (Å²) < 4.78 is 22.2. The van der Waals surface area contributed by atoms with E-state index >= 15 is 0 Å². The topological polar surface area (TPSA) is 223 Å². The number of aryl methyl sites for hydroxylation is 1. The SMILES string of the molecule is CC(=O)O[C@H](CC[C@]12O[C@H](C(=O)O)[C@@](O)(C(=O)O)[C@](C(=O)O)(O1)[C@H](OC(=O)CC/C=C/[C@H](C)CCCc1ccccc1)[C@H]2O)[C@H](C)Cc1ccccc1. The van der Waals surface area contributed by atoms with Crippen molar-refractivity contribution in [2.24, 2.45) is 11.8 Å². The van der Waals surface area contributed by atoms with Crippen molar-refractivity contribution in [3.8, 4) is 0 Å². The van der Waals surface area contributed by atoms with Crippen LogP contribution in [-0.2, 0) is 55.8 Å². The number of carboxylic acids is 3. The fourth-order valence-corrected chi connectivity index (χ4v) is 7.18. The Kier molecular flexibility index (Phi) is 13.6. The molecular weight excluding hydrogens is 692 g/mol. The summed E-state index contributed by atoms with van der Waals surface area (Å²) in [5.41, 5.74) is -5.29. The molecule has 14 heteroatoms. The van der Waals surface area contributed by atoms with Gasteiger partial charge >= 0.3 is 29.8 Å². The maximum Gasteiger partial charge on any atom is 0.344 e. The summed E-state index contributed by atoms with van der Waals surface area (Å²) in [6.07, 6.45) is -2.59. The first kappa shape index (κ1) is 41.1. The van der Waals surface area contributed by atoms with Crippen molar-refractivity contribution in [3.63, 3.8) is 0 Å². The van der Waals surface area contributed by atoms with Crippen LogP contribution in [0.4, 0.5) is 0 Å². The van der Waals surface area contributed by atoms with E-state index in [4.69, 9.17) is 18.9 Å². The van der Waals surface area contributed by atoms with E-state index in [1.54, 1.807) is 13.0 Å². The highest BCUT2D eigenvalue weighted by atomic mass is 16.8. The van der Waals surface area contributed by atoms with Gasteiger partial charge in [0.1, 0.15) is 12.2 Å². The molecule has 0 unspecified atom stereocenters. The van der Waals surface area contributed by atoms with Gasteiger partial charge in [-0.05, 0) is 61.5 Å². The number of rotatable bonds is 19. The number of fused-ring (bicyclic) bond motifs is 2. The Labute approximate surface area is 307 Å². The third-order valence-electron chi connectivity index (χ3n) is 9.94. The van der Waals surface area contributed by atoms with Gasteiger partial charge in [-0.3, -0.25) is 9.59 Å². The summed E-state index contributed by atoms with van der Waals surface area (Å²) in [5.74, 6) is -11.2. The van der Waals surface area contributed by atoms with E-state index < -0.39 is 77.7 Å².